The molecule has 0 saturated carbocycles. The summed E-state index contributed by atoms with van der Waals surface area (Å²) in [6.45, 7) is 2.89. The number of nitrogens with two attached hydrogens (primary N) is 1. The fourth-order valence-electron chi connectivity index (χ4n) is 3.78. The van der Waals surface area contributed by atoms with Gasteiger partial charge in [0.2, 0.25) is 5.95 Å². The summed E-state index contributed by atoms with van der Waals surface area (Å²) in [6.07, 6.45) is 4.91. The maximum absolute atomic E-state index is 12.1. The summed E-state index contributed by atoms with van der Waals surface area (Å²) in [5.41, 5.74) is 9.49. The van der Waals surface area contributed by atoms with Crippen LogP contribution < -0.4 is 16.0 Å². The highest BCUT2D eigenvalue weighted by molar-refractivity contribution is 6.32. The predicted molar refractivity (Wildman–Crippen MR) is 134 cm³/mol. The Hall–Kier alpha value is -4.35. The zero-order chi connectivity index (χ0) is 25.2. The minimum atomic E-state index is -0.595. The number of amides is 2. The highest BCUT2D eigenvalue weighted by Gasteiger charge is 2.20. The van der Waals surface area contributed by atoms with Gasteiger partial charge in [-0.15, -0.1) is 0 Å². The number of hydrogen-bond acceptors (Lipinski definition) is 8. The van der Waals surface area contributed by atoms with Gasteiger partial charge in [-0.3, -0.25) is 9.59 Å². The molecule has 182 valence electrons. The number of nitrogens with one attached hydrogen (secondary N) is 1. The van der Waals surface area contributed by atoms with Crippen LogP contribution in [0.5, 0.6) is 0 Å². The van der Waals surface area contributed by atoms with Gasteiger partial charge < -0.3 is 20.7 Å². The van der Waals surface area contributed by atoms with E-state index in [-0.39, 0.29) is 18.2 Å². The fourth-order valence-corrected chi connectivity index (χ4v) is 3.98. The normalized spacial score (nSPS) is 13.6. The predicted octanol–water partition coefficient (Wildman–Crippen LogP) is 2.89. The lowest BCUT2D eigenvalue weighted by Gasteiger charge is -2.26. The molecule has 4 heterocycles. The Kier molecular flexibility index (Phi) is 6.32. The molecule has 0 spiro atoms. The first-order chi connectivity index (χ1) is 17.4. The van der Waals surface area contributed by atoms with E-state index in [0.29, 0.717) is 46.8 Å². The second-order valence-corrected chi connectivity index (χ2v) is 8.41. The van der Waals surface area contributed by atoms with Crippen LogP contribution in [-0.4, -0.2) is 56.3 Å². The van der Waals surface area contributed by atoms with Gasteiger partial charge in [0, 0.05) is 29.7 Å². The lowest BCUT2D eigenvalue weighted by molar-refractivity contribution is -0.125. The van der Waals surface area contributed by atoms with Gasteiger partial charge in [-0.05, 0) is 43.3 Å². The van der Waals surface area contributed by atoms with Gasteiger partial charge in [0.25, 0.3) is 11.8 Å². The number of morpholine rings is 1. The van der Waals surface area contributed by atoms with Crippen molar-refractivity contribution in [1.82, 2.24) is 24.7 Å². The van der Waals surface area contributed by atoms with Crippen LogP contribution in [0.15, 0.2) is 55.0 Å². The van der Waals surface area contributed by atoms with Crippen LogP contribution in [0.1, 0.15) is 16.2 Å². The molecule has 0 aliphatic carbocycles. The molecule has 1 fully saturated rings. The lowest BCUT2D eigenvalue weighted by Crippen LogP contribution is -2.41. The van der Waals surface area contributed by atoms with Crippen LogP contribution in [-0.2, 0) is 9.53 Å². The smallest absolute Gasteiger partial charge is 0.267 e. The van der Waals surface area contributed by atoms with Gasteiger partial charge >= 0.3 is 0 Å². The fraction of sp³-hybridized carbons (Fsp3) is 0.167. The first-order valence-electron chi connectivity index (χ1n) is 11.0. The molecule has 0 bridgehead atoms. The molecule has 3 N–H and O–H groups in total. The molecular formula is C24H21ClN8O3. The van der Waals surface area contributed by atoms with Crippen molar-refractivity contribution in [2.24, 2.45) is 5.73 Å². The number of anilines is 3. The zero-order valence-electron chi connectivity index (χ0n) is 19.2. The van der Waals surface area contributed by atoms with Crippen LogP contribution in [0.25, 0.3) is 16.9 Å². The van der Waals surface area contributed by atoms with Crippen molar-refractivity contribution in [2.45, 2.75) is 6.92 Å². The summed E-state index contributed by atoms with van der Waals surface area (Å²) in [4.78, 5) is 38.2. The summed E-state index contributed by atoms with van der Waals surface area (Å²) in [5, 5.41) is 7.91. The average molecular weight is 505 g/mol. The number of pyridine rings is 1. The number of carbonyl (C=O) groups is 2. The van der Waals surface area contributed by atoms with E-state index in [0.717, 1.165) is 11.4 Å². The number of benzene rings is 1. The lowest BCUT2D eigenvalue weighted by atomic mass is 10.2. The number of aromatic nitrogens is 5. The van der Waals surface area contributed by atoms with E-state index in [2.05, 4.69) is 25.4 Å². The second-order valence-electron chi connectivity index (χ2n) is 8.00. The third-order valence-corrected chi connectivity index (χ3v) is 5.85. The second kappa shape index (κ2) is 9.72. The SMILES string of the molecule is Cc1nc(C(N)=O)ccc1-n1cc(-c2nc(Nc3ccc(N4CCOCC4=O)cc3)ncc2Cl)cn1. The molecule has 3 aromatic heterocycles. The molecule has 1 saturated heterocycles. The number of hydrogen-bond donors (Lipinski definition) is 2. The van der Waals surface area contributed by atoms with Crippen molar-refractivity contribution >= 4 is 40.7 Å². The Morgan fingerprint density at radius 3 is 2.67 bits per heavy atom. The molecule has 36 heavy (non-hydrogen) atoms. The monoisotopic (exact) mass is 504 g/mol. The van der Waals surface area contributed by atoms with Crippen molar-refractivity contribution < 1.29 is 14.3 Å². The Morgan fingerprint density at radius 2 is 1.94 bits per heavy atom. The first kappa shape index (κ1) is 23.4. The topological polar surface area (TPSA) is 141 Å². The van der Waals surface area contributed by atoms with E-state index >= 15 is 0 Å². The standard InChI is InChI=1S/C24H21ClN8O3/c1-14-20(7-6-19(29-14)23(26)35)33-12-15(10-28-33)22-18(25)11-27-24(31-22)30-16-2-4-17(5-3-16)32-8-9-36-13-21(32)34/h2-7,10-12H,8-9,13H2,1H3,(H2,26,35)(H,27,30,31). The minimum Gasteiger partial charge on any atom is -0.370 e. The van der Waals surface area contributed by atoms with E-state index in [1.165, 1.54) is 6.20 Å². The number of rotatable bonds is 6. The van der Waals surface area contributed by atoms with Gasteiger partial charge in [-0.2, -0.15) is 5.10 Å². The summed E-state index contributed by atoms with van der Waals surface area (Å²) in [6, 6.07) is 10.7. The van der Waals surface area contributed by atoms with Gasteiger partial charge in [-0.1, -0.05) is 11.6 Å². The molecule has 0 unspecified atom stereocenters. The molecule has 1 aliphatic heterocycles. The number of ether oxygens (including phenoxy) is 1. The molecule has 11 nitrogen and oxygen atoms in total. The third-order valence-electron chi connectivity index (χ3n) is 5.58. The van der Waals surface area contributed by atoms with E-state index in [9.17, 15) is 9.59 Å². The van der Waals surface area contributed by atoms with Crippen molar-refractivity contribution in [3.05, 3.63) is 71.4 Å². The number of aryl methyl sites for hydroxylation is 1. The van der Waals surface area contributed by atoms with Crippen LogP contribution in [0, 0.1) is 6.92 Å². The molecule has 12 heteroatoms. The third kappa shape index (κ3) is 4.74. The summed E-state index contributed by atoms with van der Waals surface area (Å²) in [7, 11) is 0. The molecule has 2 amide bonds. The molecule has 0 atom stereocenters. The minimum absolute atomic E-state index is 0.0667. The van der Waals surface area contributed by atoms with E-state index in [4.69, 9.17) is 22.1 Å². The van der Waals surface area contributed by atoms with Crippen molar-refractivity contribution in [3.63, 3.8) is 0 Å². The Morgan fingerprint density at radius 1 is 1.14 bits per heavy atom. The average Bonchev–Trinajstić information content (AvgIpc) is 3.36. The molecule has 1 aromatic carbocycles. The van der Waals surface area contributed by atoms with Gasteiger partial charge in [-0.25, -0.2) is 19.6 Å². The Bertz CT molecular complexity index is 1450. The molecule has 0 radical (unpaired) electrons. The molecule has 1 aliphatic rings. The Labute approximate surface area is 210 Å². The number of nitrogens with zero attached hydrogens (tertiary/aromatic N) is 6. The van der Waals surface area contributed by atoms with Crippen LogP contribution in [0.4, 0.5) is 17.3 Å². The van der Waals surface area contributed by atoms with Crippen molar-refractivity contribution in [3.8, 4) is 16.9 Å². The van der Waals surface area contributed by atoms with Crippen molar-refractivity contribution in [2.75, 3.05) is 30.0 Å². The number of carbonyl (C=O) groups excluding carboxylic acids is 2. The Balaban J connectivity index is 1.36. The van der Waals surface area contributed by atoms with Crippen LogP contribution >= 0.6 is 11.6 Å². The number of halogens is 1. The summed E-state index contributed by atoms with van der Waals surface area (Å²) >= 11 is 6.40. The highest BCUT2D eigenvalue weighted by Crippen LogP contribution is 2.28. The summed E-state index contributed by atoms with van der Waals surface area (Å²) in [5.74, 6) is -0.313. The number of primary amides is 1. The largest absolute Gasteiger partial charge is 0.370 e. The van der Waals surface area contributed by atoms with Crippen molar-refractivity contribution in [1.29, 1.82) is 0 Å². The maximum Gasteiger partial charge on any atom is 0.267 e. The van der Waals surface area contributed by atoms with Gasteiger partial charge in [0.05, 0.1) is 41.1 Å². The molecular weight excluding hydrogens is 484 g/mol. The van der Waals surface area contributed by atoms with Crippen LogP contribution in [0.3, 0.4) is 0 Å². The molecule has 5 rings (SSSR count). The highest BCUT2D eigenvalue weighted by atomic mass is 35.5. The first-order valence-corrected chi connectivity index (χ1v) is 11.4. The van der Waals surface area contributed by atoms with Crippen LogP contribution in [0.2, 0.25) is 5.02 Å². The quantitative estimate of drug-likeness (QED) is 0.408. The summed E-state index contributed by atoms with van der Waals surface area (Å²) < 4.78 is 6.81. The van der Waals surface area contributed by atoms with E-state index in [1.54, 1.807) is 41.0 Å². The van der Waals surface area contributed by atoms with E-state index < -0.39 is 5.91 Å². The van der Waals surface area contributed by atoms with Gasteiger partial charge in [0.1, 0.15) is 12.3 Å². The zero-order valence-corrected chi connectivity index (χ0v) is 19.9. The van der Waals surface area contributed by atoms with E-state index in [1.807, 2.05) is 24.3 Å². The molecule has 4 aromatic rings. The van der Waals surface area contributed by atoms with Gasteiger partial charge in [0.15, 0.2) is 0 Å². The maximum atomic E-state index is 12.1.